The average Bonchev–Trinajstić information content (AvgIpc) is 2.53. The summed E-state index contributed by atoms with van der Waals surface area (Å²) in [5.41, 5.74) is 1.54. The number of nitrogens with one attached hydrogen (secondary N) is 3. The first-order valence-corrected chi connectivity index (χ1v) is 9.33. The maximum Gasteiger partial charge on any atom is 0.253 e. The van der Waals surface area contributed by atoms with Crippen molar-refractivity contribution < 1.29 is 17.6 Å². The molecule has 1 amide bonds. The normalized spacial score (nSPS) is 12.6. The van der Waals surface area contributed by atoms with Crippen molar-refractivity contribution in [2.75, 3.05) is 0 Å². The number of carbonyl (C=O) groups is 1. The molecular formula is C17H20FN3O4S. The fourth-order valence-corrected chi connectivity index (χ4v) is 3.60. The molecule has 0 aliphatic carbocycles. The number of halogens is 1. The molecule has 3 N–H and O–H groups in total. The summed E-state index contributed by atoms with van der Waals surface area (Å²) in [6.07, 6.45) is 0. The second kappa shape index (κ2) is 7.79. The Kier molecular flexibility index (Phi) is 5.94. The van der Waals surface area contributed by atoms with Crippen molar-refractivity contribution in [3.8, 4) is 0 Å². The van der Waals surface area contributed by atoms with Crippen LogP contribution in [0.15, 0.2) is 40.0 Å². The van der Waals surface area contributed by atoms with Gasteiger partial charge in [-0.25, -0.2) is 12.8 Å². The molecule has 9 heteroatoms. The van der Waals surface area contributed by atoms with Crippen molar-refractivity contribution in [1.29, 1.82) is 0 Å². The van der Waals surface area contributed by atoms with Crippen LogP contribution in [0.25, 0.3) is 0 Å². The zero-order valence-electron chi connectivity index (χ0n) is 14.6. The van der Waals surface area contributed by atoms with Gasteiger partial charge in [-0.3, -0.25) is 9.59 Å². The van der Waals surface area contributed by atoms with Crippen LogP contribution in [0.5, 0.6) is 0 Å². The molecule has 26 heavy (non-hydrogen) atoms. The Morgan fingerprint density at radius 3 is 2.42 bits per heavy atom. The topological polar surface area (TPSA) is 108 Å². The summed E-state index contributed by atoms with van der Waals surface area (Å²) in [7, 11) is -3.97. The van der Waals surface area contributed by atoms with Crippen LogP contribution in [-0.4, -0.2) is 25.4 Å². The zero-order valence-corrected chi connectivity index (χ0v) is 15.4. The number of benzene rings is 1. The minimum Gasteiger partial charge on any atom is -0.350 e. The van der Waals surface area contributed by atoms with Gasteiger partial charge in [-0.15, -0.1) is 0 Å². The molecular weight excluding hydrogens is 361 g/mol. The summed E-state index contributed by atoms with van der Waals surface area (Å²) < 4.78 is 39.5. The summed E-state index contributed by atoms with van der Waals surface area (Å²) >= 11 is 0. The number of amides is 1. The van der Waals surface area contributed by atoms with Crippen molar-refractivity contribution >= 4 is 15.9 Å². The molecule has 0 unspecified atom stereocenters. The van der Waals surface area contributed by atoms with Gasteiger partial charge in [0.05, 0.1) is 10.9 Å². The van der Waals surface area contributed by atoms with Crippen LogP contribution in [0.1, 0.15) is 23.7 Å². The molecule has 2 aromatic rings. The predicted molar refractivity (Wildman–Crippen MR) is 94.6 cm³/mol. The predicted octanol–water partition coefficient (Wildman–Crippen LogP) is 1.11. The Morgan fingerprint density at radius 2 is 1.85 bits per heavy atom. The van der Waals surface area contributed by atoms with E-state index >= 15 is 0 Å². The van der Waals surface area contributed by atoms with E-state index in [9.17, 15) is 22.4 Å². The SMILES string of the molecule is Cc1cc(C)c(CNC(=O)[C@@H](C)NS(=O)(=O)c2ccc(F)cc2)c(=O)[nH]1. The molecule has 1 atom stereocenters. The molecule has 2 rings (SSSR count). The number of pyridine rings is 1. The number of aromatic amines is 1. The number of hydrogen-bond donors (Lipinski definition) is 3. The highest BCUT2D eigenvalue weighted by molar-refractivity contribution is 7.89. The maximum atomic E-state index is 12.9. The van der Waals surface area contributed by atoms with Crippen LogP contribution in [0, 0.1) is 19.7 Å². The summed E-state index contributed by atoms with van der Waals surface area (Å²) in [5, 5.41) is 2.54. The Bertz CT molecular complexity index is 968. The van der Waals surface area contributed by atoms with Gasteiger partial charge < -0.3 is 10.3 Å². The van der Waals surface area contributed by atoms with Crippen LogP contribution in [0.4, 0.5) is 4.39 Å². The van der Waals surface area contributed by atoms with Gasteiger partial charge in [0.2, 0.25) is 15.9 Å². The van der Waals surface area contributed by atoms with Gasteiger partial charge in [0.15, 0.2) is 0 Å². The first kappa shape index (κ1) is 19.8. The molecule has 0 aliphatic rings. The van der Waals surface area contributed by atoms with Gasteiger partial charge in [-0.05, 0) is 56.7 Å². The molecule has 1 aromatic carbocycles. The average molecular weight is 381 g/mol. The molecule has 140 valence electrons. The fraction of sp³-hybridized carbons (Fsp3) is 0.294. The highest BCUT2D eigenvalue weighted by Crippen LogP contribution is 2.10. The first-order valence-electron chi connectivity index (χ1n) is 7.85. The van der Waals surface area contributed by atoms with Gasteiger partial charge in [0, 0.05) is 17.8 Å². The number of rotatable bonds is 6. The monoisotopic (exact) mass is 381 g/mol. The fourth-order valence-electron chi connectivity index (χ4n) is 2.40. The summed E-state index contributed by atoms with van der Waals surface area (Å²) in [5.74, 6) is -1.15. The zero-order chi connectivity index (χ0) is 19.5. The van der Waals surface area contributed by atoms with E-state index in [1.165, 1.54) is 6.92 Å². The van der Waals surface area contributed by atoms with Gasteiger partial charge >= 0.3 is 0 Å². The highest BCUT2D eigenvalue weighted by atomic mass is 32.2. The van der Waals surface area contributed by atoms with Crippen LogP contribution in [0.3, 0.4) is 0 Å². The van der Waals surface area contributed by atoms with E-state index in [-0.39, 0.29) is 17.0 Å². The van der Waals surface area contributed by atoms with E-state index in [0.29, 0.717) is 11.3 Å². The lowest BCUT2D eigenvalue weighted by Gasteiger charge is -2.15. The van der Waals surface area contributed by atoms with Crippen molar-refractivity contribution in [3.63, 3.8) is 0 Å². The second-order valence-corrected chi connectivity index (χ2v) is 7.67. The molecule has 7 nitrogen and oxygen atoms in total. The number of aryl methyl sites for hydroxylation is 2. The molecule has 0 saturated carbocycles. The summed E-state index contributed by atoms with van der Waals surface area (Å²) in [6.45, 7) is 4.86. The largest absolute Gasteiger partial charge is 0.350 e. The number of hydrogen-bond acceptors (Lipinski definition) is 4. The lowest BCUT2D eigenvalue weighted by molar-refractivity contribution is -0.122. The Labute approximate surface area is 150 Å². The van der Waals surface area contributed by atoms with E-state index in [1.54, 1.807) is 19.9 Å². The van der Waals surface area contributed by atoms with E-state index in [2.05, 4.69) is 15.0 Å². The van der Waals surface area contributed by atoms with Crippen LogP contribution < -0.4 is 15.6 Å². The van der Waals surface area contributed by atoms with Gasteiger partial charge in [0.25, 0.3) is 5.56 Å². The molecule has 1 aromatic heterocycles. The number of sulfonamides is 1. The highest BCUT2D eigenvalue weighted by Gasteiger charge is 2.22. The van der Waals surface area contributed by atoms with Crippen molar-refractivity contribution in [1.82, 2.24) is 15.0 Å². The van der Waals surface area contributed by atoms with Crippen LogP contribution in [-0.2, 0) is 21.4 Å². The third-order valence-corrected chi connectivity index (χ3v) is 5.34. The Balaban J connectivity index is 2.04. The van der Waals surface area contributed by atoms with E-state index < -0.39 is 27.8 Å². The van der Waals surface area contributed by atoms with E-state index in [4.69, 9.17) is 0 Å². The van der Waals surface area contributed by atoms with Gasteiger partial charge in [-0.1, -0.05) is 0 Å². The standard InChI is InChI=1S/C17H20FN3O4S/c1-10-8-11(2)20-17(23)15(10)9-19-16(22)12(3)21-26(24,25)14-6-4-13(18)5-7-14/h4-8,12,21H,9H2,1-3H3,(H,19,22)(H,20,23)/t12-/m1/s1. The smallest absolute Gasteiger partial charge is 0.253 e. The molecule has 0 bridgehead atoms. The third-order valence-electron chi connectivity index (χ3n) is 3.78. The molecule has 1 heterocycles. The van der Waals surface area contributed by atoms with Crippen LogP contribution in [0.2, 0.25) is 0 Å². The minimum atomic E-state index is -3.97. The van der Waals surface area contributed by atoms with E-state index in [0.717, 1.165) is 29.8 Å². The molecule has 0 fully saturated rings. The number of H-pyrrole nitrogens is 1. The third kappa shape index (κ3) is 4.77. The molecule has 0 spiro atoms. The Hall–Kier alpha value is -2.52. The number of aromatic nitrogens is 1. The van der Waals surface area contributed by atoms with Gasteiger partial charge in [-0.2, -0.15) is 4.72 Å². The van der Waals surface area contributed by atoms with Crippen molar-refractivity contribution in [2.45, 2.75) is 38.3 Å². The molecule has 0 radical (unpaired) electrons. The van der Waals surface area contributed by atoms with Crippen molar-refractivity contribution in [3.05, 3.63) is 63.3 Å². The maximum absolute atomic E-state index is 12.9. The lowest BCUT2D eigenvalue weighted by Crippen LogP contribution is -2.45. The summed E-state index contributed by atoms with van der Waals surface area (Å²) in [4.78, 5) is 26.6. The summed E-state index contributed by atoms with van der Waals surface area (Å²) in [6, 6.07) is 4.96. The van der Waals surface area contributed by atoms with Crippen LogP contribution >= 0.6 is 0 Å². The Morgan fingerprint density at radius 1 is 1.23 bits per heavy atom. The first-order chi connectivity index (χ1) is 12.1. The molecule has 0 aliphatic heterocycles. The van der Waals surface area contributed by atoms with Gasteiger partial charge in [0.1, 0.15) is 5.82 Å². The number of carbonyl (C=O) groups excluding carboxylic acids is 1. The minimum absolute atomic E-state index is 0.0249. The lowest BCUT2D eigenvalue weighted by atomic mass is 10.1. The molecule has 0 saturated heterocycles. The van der Waals surface area contributed by atoms with Crippen molar-refractivity contribution in [2.24, 2.45) is 0 Å². The van der Waals surface area contributed by atoms with E-state index in [1.807, 2.05) is 0 Å². The second-order valence-electron chi connectivity index (χ2n) is 5.96. The quantitative estimate of drug-likeness (QED) is 0.697.